The van der Waals surface area contributed by atoms with Crippen molar-refractivity contribution in [3.05, 3.63) is 35.9 Å². The molecule has 0 bridgehead atoms. The summed E-state index contributed by atoms with van der Waals surface area (Å²) in [5.41, 5.74) is 1.38. The van der Waals surface area contributed by atoms with Crippen molar-refractivity contribution >= 4 is 22.8 Å². The molecule has 7 heteroatoms. The van der Waals surface area contributed by atoms with Crippen molar-refractivity contribution in [1.82, 2.24) is 9.63 Å². The molecule has 130 valence electrons. The summed E-state index contributed by atoms with van der Waals surface area (Å²) in [6, 6.07) is 4.79. The van der Waals surface area contributed by atoms with Gasteiger partial charge < -0.3 is 19.6 Å². The Bertz CT molecular complexity index is 890. The van der Waals surface area contributed by atoms with Gasteiger partial charge >= 0.3 is 11.9 Å². The number of aromatic hydroxyl groups is 1. The molecule has 0 spiro atoms. The van der Waals surface area contributed by atoms with Gasteiger partial charge in [-0.2, -0.15) is 0 Å². The van der Waals surface area contributed by atoms with Gasteiger partial charge in [0.2, 0.25) is 5.88 Å². The molecule has 0 aliphatic carbocycles. The van der Waals surface area contributed by atoms with Crippen molar-refractivity contribution in [2.45, 2.75) is 18.8 Å². The van der Waals surface area contributed by atoms with E-state index in [0.29, 0.717) is 5.52 Å². The Labute approximate surface area is 144 Å². The van der Waals surface area contributed by atoms with Crippen molar-refractivity contribution in [2.75, 3.05) is 20.1 Å². The molecule has 0 amide bonds. The van der Waals surface area contributed by atoms with Crippen LogP contribution in [0, 0.1) is 0 Å². The number of carbonyl (C=O) groups is 2. The second kappa shape index (κ2) is 5.93. The van der Waals surface area contributed by atoms with Crippen molar-refractivity contribution in [2.24, 2.45) is 0 Å². The maximum atomic E-state index is 12.0. The van der Waals surface area contributed by atoms with Crippen LogP contribution in [0.1, 0.15) is 24.3 Å². The van der Waals surface area contributed by atoms with Crippen LogP contribution >= 0.6 is 0 Å². The minimum absolute atomic E-state index is 0.107. The fourth-order valence-corrected chi connectivity index (χ4v) is 3.52. The van der Waals surface area contributed by atoms with Gasteiger partial charge in [-0.15, -0.1) is 4.73 Å². The summed E-state index contributed by atoms with van der Waals surface area (Å²) in [5.74, 6) is -0.808. The third-order valence-corrected chi connectivity index (χ3v) is 4.76. The lowest BCUT2D eigenvalue weighted by Gasteiger charge is -2.29. The van der Waals surface area contributed by atoms with E-state index in [1.165, 1.54) is 10.8 Å². The van der Waals surface area contributed by atoms with Gasteiger partial charge in [-0.05, 0) is 57.1 Å². The number of rotatable bonds is 1. The SMILES string of the molecule is CN1CCC(c2c3n(c4ccc(O)cc24)OC(=O)/C=C\C(=O)O3)CC1. The topological polar surface area (TPSA) is 81.0 Å². The van der Waals surface area contributed by atoms with Gasteiger partial charge in [0.1, 0.15) is 5.75 Å². The van der Waals surface area contributed by atoms with Gasteiger partial charge in [0, 0.05) is 23.1 Å². The predicted molar refractivity (Wildman–Crippen MR) is 89.4 cm³/mol. The van der Waals surface area contributed by atoms with E-state index in [1.807, 2.05) is 0 Å². The number of benzene rings is 1. The molecule has 2 aromatic rings. The Morgan fingerprint density at radius 1 is 1.12 bits per heavy atom. The number of likely N-dealkylation sites (tertiary alicyclic amines) is 1. The summed E-state index contributed by atoms with van der Waals surface area (Å²) in [6.07, 6.45) is 3.87. The summed E-state index contributed by atoms with van der Waals surface area (Å²) >= 11 is 0. The van der Waals surface area contributed by atoms with Crippen molar-refractivity contribution < 1.29 is 24.3 Å². The number of esters is 1. The van der Waals surface area contributed by atoms with Gasteiger partial charge in [0.15, 0.2) is 0 Å². The van der Waals surface area contributed by atoms with E-state index in [9.17, 15) is 14.7 Å². The number of phenols is 1. The van der Waals surface area contributed by atoms with Crippen LogP contribution in [0.25, 0.3) is 10.9 Å². The standard InChI is InChI=1S/C18H18N2O5/c1-19-8-6-11(7-9-19)17-13-10-12(21)2-3-14(13)20-18(17)24-15(22)4-5-16(23)25-20/h2-5,10-11,21H,6-9H2,1H3/b5-4-. The lowest BCUT2D eigenvalue weighted by Crippen LogP contribution is -2.29. The van der Waals surface area contributed by atoms with E-state index < -0.39 is 11.9 Å². The Morgan fingerprint density at radius 2 is 1.84 bits per heavy atom. The second-order valence-electron chi connectivity index (χ2n) is 6.46. The molecule has 1 saturated heterocycles. The molecule has 4 rings (SSSR count). The number of piperidine rings is 1. The third-order valence-electron chi connectivity index (χ3n) is 4.76. The van der Waals surface area contributed by atoms with E-state index in [1.54, 1.807) is 12.1 Å². The number of ether oxygens (including phenoxy) is 1. The van der Waals surface area contributed by atoms with Crippen LogP contribution in [-0.2, 0) is 9.59 Å². The Hall–Kier alpha value is -2.80. The highest BCUT2D eigenvalue weighted by Gasteiger charge is 2.31. The minimum Gasteiger partial charge on any atom is -0.508 e. The van der Waals surface area contributed by atoms with Crippen LogP contribution in [0.4, 0.5) is 0 Å². The second-order valence-corrected chi connectivity index (χ2v) is 6.46. The smallest absolute Gasteiger partial charge is 0.356 e. The predicted octanol–water partition coefficient (Wildman–Crippen LogP) is 1.59. The van der Waals surface area contributed by atoms with Gasteiger partial charge in [0.25, 0.3) is 0 Å². The summed E-state index contributed by atoms with van der Waals surface area (Å²) in [7, 11) is 2.07. The van der Waals surface area contributed by atoms with Crippen LogP contribution in [0.5, 0.6) is 11.6 Å². The number of hydrogen-bond donors (Lipinski definition) is 1. The first-order valence-corrected chi connectivity index (χ1v) is 8.21. The molecule has 2 aliphatic rings. The normalized spacial score (nSPS) is 20.5. The molecule has 0 saturated carbocycles. The average molecular weight is 342 g/mol. The lowest BCUT2D eigenvalue weighted by molar-refractivity contribution is -0.142. The number of phenolic OH excluding ortho intramolecular Hbond substituents is 1. The number of carbonyl (C=O) groups excluding carboxylic acids is 2. The lowest BCUT2D eigenvalue weighted by atomic mass is 9.89. The molecular weight excluding hydrogens is 324 g/mol. The summed E-state index contributed by atoms with van der Waals surface area (Å²) in [6.45, 7) is 1.84. The van der Waals surface area contributed by atoms with Crippen LogP contribution in [0.15, 0.2) is 30.4 Å². The van der Waals surface area contributed by atoms with Crippen LogP contribution in [0.3, 0.4) is 0 Å². The quantitative estimate of drug-likeness (QED) is 0.793. The minimum atomic E-state index is -0.655. The first-order chi connectivity index (χ1) is 12.0. The average Bonchev–Trinajstić information content (AvgIpc) is 2.85. The molecule has 1 aromatic carbocycles. The first kappa shape index (κ1) is 15.7. The number of fused-ring (bicyclic) bond motifs is 3. The molecule has 25 heavy (non-hydrogen) atoms. The Kier molecular flexibility index (Phi) is 3.73. The fraction of sp³-hybridized carbons (Fsp3) is 0.333. The molecule has 0 unspecified atom stereocenters. The third kappa shape index (κ3) is 2.76. The maximum Gasteiger partial charge on any atom is 0.356 e. The van der Waals surface area contributed by atoms with Gasteiger partial charge in [-0.1, -0.05) is 0 Å². The fourth-order valence-electron chi connectivity index (χ4n) is 3.52. The zero-order chi connectivity index (χ0) is 17.6. The molecule has 1 fully saturated rings. The van der Waals surface area contributed by atoms with E-state index in [2.05, 4.69) is 11.9 Å². The van der Waals surface area contributed by atoms with Crippen LogP contribution in [-0.4, -0.2) is 46.8 Å². The number of nitrogens with zero attached hydrogens (tertiary/aromatic N) is 2. The highest BCUT2D eigenvalue weighted by Crippen LogP contribution is 2.42. The van der Waals surface area contributed by atoms with E-state index in [4.69, 9.17) is 9.57 Å². The molecule has 2 aliphatic heterocycles. The molecule has 3 heterocycles. The van der Waals surface area contributed by atoms with Crippen LogP contribution < -0.4 is 9.57 Å². The summed E-state index contributed by atoms with van der Waals surface area (Å²) < 4.78 is 6.74. The van der Waals surface area contributed by atoms with Gasteiger partial charge in [-0.3, -0.25) is 0 Å². The maximum absolute atomic E-state index is 12.0. The highest BCUT2D eigenvalue weighted by molar-refractivity contribution is 5.96. The molecular formula is C18H18N2O5. The number of aromatic nitrogens is 1. The summed E-state index contributed by atoms with van der Waals surface area (Å²) in [4.78, 5) is 31.5. The van der Waals surface area contributed by atoms with Gasteiger partial charge in [0.05, 0.1) is 5.52 Å². The molecule has 7 nitrogen and oxygen atoms in total. The monoisotopic (exact) mass is 342 g/mol. The van der Waals surface area contributed by atoms with E-state index >= 15 is 0 Å². The number of hydrogen-bond acceptors (Lipinski definition) is 6. The summed E-state index contributed by atoms with van der Waals surface area (Å²) in [5, 5.41) is 10.7. The van der Waals surface area contributed by atoms with E-state index in [-0.39, 0.29) is 17.5 Å². The zero-order valence-corrected chi connectivity index (χ0v) is 13.8. The van der Waals surface area contributed by atoms with Gasteiger partial charge in [-0.25, -0.2) is 9.59 Å². The molecule has 0 radical (unpaired) electrons. The Balaban J connectivity index is 1.93. The Morgan fingerprint density at radius 3 is 2.60 bits per heavy atom. The van der Waals surface area contributed by atoms with E-state index in [0.717, 1.165) is 49.0 Å². The van der Waals surface area contributed by atoms with Crippen molar-refractivity contribution in [3.63, 3.8) is 0 Å². The molecule has 1 aromatic heterocycles. The van der Waals surface area contributed by atoms with Crippen molar-refractivity contribution in [3.8, 4) is 11.6 Å². The van der Waals surface area contributed by atoms with Crippen molar-refractivity contribution in [1.29, 1.82) is 0 Å². The van der Waals surface area contributed by atoms with Crippen LogP contribution in [0.2, 0.25) is 0 Å². The molecule has 1 N–H and O–H groups in total. The highest BCUT2D eigenvalue weighted by atomic mass is 16.7. The first-order valence-electron chi connectivity index (χ1n) is 8.21. The zero-order valence-electron chi connectivity index (χ0n) is 13.8. The molecule has 0 atom stereocenters. The largest absolute Gasteiger partial charge is 0.508 e.